The zero-order chi connectivity index (χ0) is 10.7. The fourth-order valence-corrected chi connectivity index (χ4v) is 1.87. The molecule has 2 aromatic heterocycles. The molecule has 0 aliphatic heterocycles. The first-order valence-electron chi connectivity index (χ1n) is 4.29. The summed E-state index contributed by atoms with van der Waals surface area (Å²) < 4.78 is 0. The highest BCUT2D eigenvalue weighted by Crippen LogP contribution is 2.23. The summed E-state index contributed by atoms with van der Waals surface area (Å²) in [4.78, 5) is 16.2. The third kappa shape index (κ3) is 2.63. The molecule has 0 saturated carbocycles. The molecule has 0 spiro atoms. The molecule has 0 aliphatic rings. The second kappa shape index (κ2) is 4.22. The molecule has 2 rings (SSSR count). The average Bonchev–Trinajstić information content (AvgIpc) is 2.17. The fraction of sp³-hybridized carbons (Fsp3) is 0.111. The predicted octanol–water partition coefficient (Wildman–Crippen LogP) is 1.31. The van der Waals surface area contributed by atoms with Gasteiger partial charge in [-0.1, -0.05) is 0 Å². The van der Waals surface area contributed by atoms with Crippen LogP contribution >= 0.6 is 11.8 Å². The van der Waals surface area contributed by atoms with Gasteiger partial charge in [0.25, 0.3) is 0 Å². The molecule has 5 nitrogen and oxygen atoms in total. The van der Waals surface area contributed by atoms with Gasteiger partial charge < -0.3 is 5.73 Å². The summed E-state index contributed by atoms with van der Waals surface area (Å²) in [6, 6.07) is 1.86. The minimum atomic E-state index is 0.279. The van der Waals surface area contributed by atoms with Gasteiger partial charge >= 0.3 is 0 Å². The molecule has 6 heteroatoms. The topological polar surface area (TPSA) is 77.6 Å². The summed E-state index contributed by atoms with van der Waals surface area (Å²) in [5.41, 5.74) is 6.38. The van der Waals surface area contributed by atoms with E-state index in [9.17, 15) is 0 Å². The number of aryl methyl sites for hydroxylation is 1. The van der Waals surface area contributed by atoms with Crippen molar-refractivity contribution in [3.05, 3.63) is 30.4 Å². The summed E-state index contributed by atoms with van der Waals surface area (Å²) >= 11 is 1.41. The SMILES string of the molecule is Cc1cc(Sc2cnccn2)nc(N)n1. The van der Waals surface area contributed by atoms with Gasteiger partial charge in [-0.05, 0) is 24.8 Å². The highest BCUT2D eigenvalue weighted by atomic mass is 32.2. The molecular formula is C9H9N5S. The maximum Gasteiger partial charge on any atom is 0.221 e. The number of hydrogen-bond acceptors (Lipinski definition) is 6. The molecule has 0 fully saturated rings. The molecule has 0 unspecified atom stereocenters. The third-order valence-corrected chi connectivity index (χ3v) is 2.43. The van der Waals surface area contributed by atoms with E-state index in [1.165, 1.54) is 11.8 Å². The second-order valence-corrected chi connectivity index (χ2v) is 3.89. The first kappa shape index (κ1) is 9.85. The zero-order valence-electron chi connectivity index (χ0n) is 8.08. The number of nitrogens with two attached hydrogens (primary N) is 1. The minimum Gasteiger partial charge on any atom is -0.368 e. The molecule has 0 bridgehead atoms. The normalized spacial score (nSPS) is 10.2. The molecule has 0 aromatic carbocycles. The summed E-state index contributed by atoms with van der Waals surface area (Å²) in [6.07, 6.45) is 4.95. The van der Waals surface area contributed by atoms with Crippen molar-refractivity contribution < 1.29 is 0 Å². The highest BCUT2D eigenvalue weighted by molar-refractivity contribution is 7.99. The number of nitrogens with zero attached hydrogens (tertiary/aromatic N) is 4. The largest absolute Gasteiger partial charge is 0.368 e. The van der Waals surface area contributed by atoms with Crippen LogP contribution in [0.25, 0.3) is 0 Å². The van der Waals surface area contributed by atoms with Crippen molar-refractivity contribution >= 4 is 17.7 Å². The Kier molecular flexibility index (Phi) is 2.77. The van der Waals surface area contributed by atoms with Crippen molar-refractivity contribution in [3.63, 3.8) is 0 Å². The van der Waals surface area contributed by atoms with Crippen LogP contribution < -0.4 is 5.73 Å². The number of anilines is 1. The van der Waals surface area contributed by atoms with Crippen LogP contribution in [0.5, 0.6) is 0 Å². The fourth-order valence-electron chi connectivity index (χ4n) is 1.06. The van der Waals surface area contributed by atoms with Crippen LogP contribution in [0.4, 0.5) is 5.95 Å². The maximum absolute atomic E-state index is 5.54. The Morgan fingerprint density at radius 2 is 2.07 bits per heavy atom. The summed E-state index contributed by atoms with van der Waals surface area (Å²) in [7, 11) is 0. The van der Waals surface area contributed by atoms with Gasteiger partial charge in [0.1, 0.15) is 10.1 Å². The first-order valence-corrected chi connectivity index (χ1v) is 5.11. The molecule has 15 heavy (non-hydrogen) atoms. The van der Waals surface area contributed by atoms with E-state index >= 15 is 0 Å². The molecule has 0 atom stereocenters. The smallest absolute Gasteiger partial charge is 0.221 e. The molecule has 0 saturated heterocycles. The van der Waals surface area contributed by atoms with Crippen LogP contribution in [0.3, 0.4) is 0 Å². The monoisotopic (exact) mass is 219 g/mol. The van der Waals surface area contributed by atoms with E-state index in [0.717, 1.165) is 15.7 Å². The van der Waals surface area contributed by atoms with Crippen LogP contribution in [0.1, 0.15) is 5.69 Å². The first-order chi connectivity index (χ1) is 7.24. The molecule has 76 valence electrons. The van der Waals surface area contributed by atoms with Crippen molar-refractivity contribution in [2.75, 3.05) is 5.73 Å². The zero-order valence-corrected chi connectivity index (χ0v) is 8.90. The van der Waals surface area contributed by atoms with Crippen LogP contribution in [0, 0.1) is 6.92 Å². The van der Waals surface area contributed by atoms with Crippen LogP contribution in [0.15, 0.2) is 34.7 Å². The molecule has 0 amide bonds. The lowest BCUT2D eigenvalue weighted by molar-refractivity contribution is 1.01. The summed E-state index contributed by atoms with van der Waals surface area (Å²) in [5.74, 6) is 0.279. The second-order valence-electron chi connectivity index (χ2n) is 2.85. The molecule has 2 heterocycles. The lowest BCUT2D eigenvalue weighted by Crippen LogP contribution is -1.97. The van der Waals surface area contributed by atoms with Gasteiger partial charge in [-0.15, -0.1) is 0 Å². The van der Waals surface area contributed by atoms with Crippen molar-refractivity contribution in [1.82, 2.24) is 19.9 Å². The number of nitrogen functional groups attached to an aromatic ring is 1. The van der Waals surface area contributed by atoms with Gasteiger partial charge in [-0.2, -0.15) is 0 Å². The van der Waals surface area contributed by atoms with Crippen LogP contribution in [-0.2, 0) is 0 Å². The van der Waals surface area contributed by atoms with Crippen LogP contribution in [0.2, 0.25) is 0 Å². The van der Waals surface area contributed by atoms with Crippen molar-refractivity contribution in [2.45, 2.75) is 17.0 Å². The molecule has 2 N–H and O–H groups in total. The average molecular weight is 219 g/mol. The minimum absolute atomic E-state index is 0.279. The molecule has 0 aliphatic carbocycles. The van der Waals surface area contributed by atoms with Crippen molar-refractivity contribution in [2.24, 2.45) is 0 Å². The molecule has 0 radical (unpaired) electrons. The summed E-state index contributed by atoms with van der Waals surface area (Å²) in [5, 5.41) is 1.57. The summed E-state index contributed by atoms with van der Waals surface area (Å²) in [6.45, 7) is 1.87. The third-order valence-electron chi connectivity index (χ3n) is 1.60. The Morgan fingerprint density at radius 3 is 2.73 bits per heavy atom. The quantitative estimate of drug-likeness (QED) is 0.767. The van der Waals surface area contributed by atoms with E-state index in [1.54, 1.807) is 18.6 Å². The molecule has 2 aromatic rings. The Morgan fingerprint density at radius 1 is 1.20 bits per heavy atom. The van der Waals surface area contributed by atoms with Crippen LogP contribution in [-0.4, -0.2) is 19.9 Å². The van der Waals surface area contributed by atoms with Gasteiger partial charge in [-0.25, -0.2) is 15.0 Å². The van der Waals surface area contributed by atoms with E-state index < -0.39 is 0 Å². The number of rotatable bonds is 2. The lowest BCUT2D eigenvalue weighted by Gasteiger charge is -2.01. The number of hydrogen-bond donors (Lipinski definition) is 1. The van der Waals surface area contributed by atoms with Gasteiger partial charge in [0.05, 0.1) is 6.20 Å². The Balaban J connectivity index is 2.25. The van der Waals surface area contributed by atoms with E-state index in [-0.39, 0.29) is 5.95 Å². The lowest BCUT2D eigenvalue weighted by atomic mass is 10.5. The molecular weight excluding hydrogens is 210 g/mol. The number of aromatic nitrogens is 4. The van der Waals surface area contributed by atoms with Gasteiger partial charge in [0.15, 0.2) is 0 Å². The Labute approximate surface area is 91.2 Å². The van der Waals surface area contributed by atoms with Crippen molar-refractivity contribution in [1.29, 1.82) is 0 Å². The van der Waals surface area contributed by atoms with Gasteiger partial charge in [-0.3, -0.25) is 4.98 Å². The van der Waals surface area contributed by atoms with E-state index in [4.69, 9.17) is 5.73 Å². The Hall–Kier alpha value is -1.69. The van der Waals surface area contributed by atoms with E-state index in [1.807, 2.05) is 13.0 Å². The van der Waals surface area contributed by atoms with E-state index in [2.05, 4.69) is 19.9 Å². The standard InChI is InChI=1S/C9H9N5S/c1-6-4-7(14-9(10)13-6)15-8-5-11-2-3-12-8/h2-5H,1H3,(H2,10,13,14). The van der Waals surface area contributed by atoms with E-state index in [0.29, 0.717) is 0 Å². The predicted molar refractivity (Wildman–Crippen MR) is 57.3 cm³/mol. The van der Waals surface area contributed by atoms with Crippen molar-refractivity contribution in [3.8, 4) is 0 Å². The van der Waals surface area contributed by atoms with Gasteiger partial charge in [0.2, 0.25) is 5.95 Å². The Bertz CT molecular complexity index is 439. The van der Waals surface area contributed by atoms with Gasteiger partial charge in [0, 0.05) is 18.1 Å². The maximum atomic E-state index is 5.54. The highest BCUT2D eigenvalue weighted by Gasteiger charge is 2.02.